The van der Waals surface area contributed by atoms with Gasteiger partial charge in [0.05, 0.1) is 12.5 Å². The number of carbonyl (C=O) groups is 1. The molecule has 0 aromatic heterocycles. The Morgan fingerprint density at radius 2 is 1.89 bits per heavy atom. The van der Waals surface area contributed by atoms with Gasteiger partial charge in [-0.15, -0.1) is 0 Å². The predicted molar refractivity (Wildman–Crippen MR) is 73.4 cm³/mol. The molecule has 1 rings (SSSR count). The lowest BCUT2D eigenvalue weighted by Crippen LogP contribution is -2.27. The van der Waals surface area contributed by atoms with Gasteiger partial charge in [0.2, 0.25) is 0 Å². The summed E-state index contributed by atoms with van der Waals surface area (Å²) in [6, 6.07) is 8.35. The molecule has 100 valence electrons. The molecule has 0 fully saturated rings. The van der Waals surface area contributed by atoms with Crippen LogP contribution >= 0.6 is 0 Å². The van der Waals surface area contributed by atoms with Crippen molar-refractivity contribution in [3.8, 4) is 0 Å². The SMILES string of the molecule is CCOC(=O)C(CN)Cc1ccc(C(C)C)cc1. The molecule has 0 spiro atoms. The highest BCUT2D eigenvalue weighted by molar-refractivity contribution is 5.73. The van der Waals surface area contributed by atoms with Crippen molar-refractivity contribution in [1.29, 1.82) is 0 Å². The first-order chi connectivity index (χ1) is 8.58. The molecule has 1 aromatic rings. The zero-order chi connectivity index (χ0) is 13.5. The number of esters is 1. The van der Waals surface area contributed by atoms with Crippen molar-refractivity contribution < 1.29 is 9.53 Å². The normalized spacial score (nSPS) is 12.5. The number of ether oxygens (including phenoxy) is 1. The van der Waals surface area contributed by atoms with Crippen LogP contribution < -0.4 is 5.73 Å². The average Bonchev–Trinajstić information content (AvgIpc) is 2.36. The Morgan fingerprint density at radius 3 is 2.33 bits per heavy atom. The molecule has 0 amide bonds. The van der Waals surface area contributed by atoms with Gasteiger partial charge in [-0.25, -0.2) is 0 Å². The van der Waals surface area contributed by atoms with Crippen LogP contribution in [0.1, 0.15) is 37.8 Å². The quantitative estimate of drug-likeness (QED) is 0.788. The number of carbonyl (C=O) groups excluding carboxylic acids is 1. The minimum atomic E-state index is -0.241. The highest BCUT2D eigenvalue weighted by Gasteiger charge is 2.18. The molecule has 0 radical (unpaired) electrons. The summed E-state index contributed by atoms with van der Waals surface area (Å²) < 4.78 is 5.01. The Labute approximate surface area is 109 Å². The van der Waals surface area contributed by atoms with Crippen LogP contribution in [0.3, 0.4) is 0 Å². The maximum atomic E-state index is 11.7. The number of hydrogen-bond donors (Lipinski definition) is 1. The zero-order valence-corrected chi connectivity index (χ0v) is 11.5. The van der Waals surface area contributed by atoms with E-state index in [1.54, 1.807) is 0 Å². The van der Waals surface area contributed by atoms with E-state index < -0.39 is 0 Å². The van der Waals surface area contributed by atoms with Crippen molar-refractivity contribution in [3.63, 3.8) is 0 Å². The van der Waals surface area contributed by atoms with Crippen LogP contribution in [-0.4, -0.2) is 19.1 Å². The van der Waals surface area contributed by atoms with Crippen molar-refractivity contribution in [1.82, 2.24) is 0 Å². The first kappa shape index (κ1) is 14.7. The second-order valence-electron chi connectivity index (χ2n) is 4.79. The van der Waals surface area contributed by atoms with E-state index in [1.807, 2.05) is 6.92 Å². The number of hydrogen-bond acceptors (Lipinski definition) is 3. The van der Waals surface area contributed by atoms with Gasteiger partial charge >= 0.3 is 5.97 Å². The summed E-state index contributed by atoms with van der Waals surface area (Å²) in [5, 5.41) is 0. The van der Waals surface area contributed by atoms with Gasteiger partial charge in [0.1, 0.15) is 0 Å². The molecule has 0 bridgehead atoms. The Morgan fingerprint density at radius 1 is 1.28 bits per heavy atom. The summed E-state index contributed by atoms with van der Waals surface area (Å²) in [5.41, 5.74) is 8.06. The summed E-state index contributed by atoms with van der Waals surface area (Å²) >= 11 is 0. The summed E-state index contributed by atoms with van der Waals surface area (Å²) in [5.74, 6) is 0.0807. The monoisotopic (exact) mass is 249 g/mol. The smallest absolute Gasteiger partial charge is 0.310 e. The molecule has 2 N–H and O–H groups in total. The van der Waals surface area contributed by atoms with E-state index >= 15 is 0 Å². The van der Waals surface area contributed by atoms with Gasteiger partial charge in [0.15, 0.2) is 0 Å². The van der Waals surface area contributed by atoms with Gasteiger partial charge in [0, 0.05) is 6.54 Å². The Balaban J connectivity index is 2.67. The van der Waals surface area contributed by atoms with Crippen LogP contribution in [0.5, 0.6) is 0 Å². The molecular formula is C15H23NO2. The van der Waals surface area contributed by atoms with Gasteiger partial charge in [-0.2, -0.15) is 0 Å². The van der Waals surface area contributed by atoms with Crippen molar-refractivity contribution in [2.24, 2.45) is 11.7 Å². The van der Waals surface area contributed by atoms with E-state index in [9.17, 15) is 4.79 Å². The molecule has 1 unspecified atom stereocenters. The third-order valence-corrected chi connectivity index (χ3v) is 3.03. The van der Waals surface area contributed by atoms with Gasteiger partial charge in [-0.1, -0.05) is 38.1 Å². The lowest BCUT2D eigenvalue weighted by Gasteiger charge is -2.14. The number of nitrogens with two attached hydrogens (primary N) is 1. The van der Waals surface area contributed by atoms with Gasteiger partial charge in [0.25, 0.3) is 0 Å². The minimum Gasteiger partial charge on any atom is -0.466 e. The van der Waals surface area contributed by atoms with E-state index in [2.05, 4.69) is 38.1 Å². The van der Waals surface area contributed by atoms with Crippen molar-refractivity contribution in [2.75, 3.05) is 13.2 Å². The fraction of sp³-hybridized carbons (Fsp3) is 0.533. The topological polar surface area (TPSA) is 52.3 Å². The lowest BCUT2D eigenvalue weighted by molar-refractivity contribution is -0.147. The van der Waals surface area contributed by atoms with Crippen LogP contribution in [0.15, 0.2) is 24.3 Å². The van der Waals surface area contributed by atoms with E-state index in [4.69, 9.17) is 10.5 Å². The predicted octanol–water partition coefficient (Wildman–Crippen LogP) is 2.49. The van der Waals surface area contributed by atoms with E-state index in [0.29, 0.717) is 25.5 Å². The van der Waals surface area contributed by atoms with Gasteiger partial charge in [-0.05, 0) is 30.4 Å². The maximum Gasteiger partial charge on any atom is 0.310 e. The summed E-state index contributed by atoms with van der Waals surface area (Å²) in [7, 11) is 0. The molecule has 1 aromatic carbocycles. The van der Waals surface area contributed by atoms with Crippen molar-refractivity contribution >= 4 is 5.97 Å². The molecule has 0 aliphatic rings. The molecule has 0 heterocycles. The van der Waals surface area contributed by atoms with Crippen LogP contribution in [0.4, 0.5) is 0 Å². The second kappa shape index (κ2) is 7.17. The highest BCUT2D eigenvalue weighted by atomic mass is 16.5. The van der Waals surface area contributed by atoms with Crippen LogP contribution in [0, 0.1) is 5.92 Å². The molecule has 3 heteroatoms. The molecule has 0 aliphatic carbocycles. The Bertz CT molecular complexity index is 371. The fourth-order valence-electron chi connectivity index (χ4n) is 1.85. The van der Waals surface area contributed by atoms with Crippen LogP contribution in [0.25, 0.3) is 0 Å². The standard InChI is InChI=1S/C15H23NO2/c1-4-18-15(17)14(10-16)9-12-5-7-13(8-6-12)11(2)3/h5-8,11,14H,4,9-10,16H2,1-3H3. The third-order valence-electron chi connectivity index (χ3n) is 3.03. The Kier molecular flexibility index (Phi) is 5.86. The maximum absolute atomic E-state index is 11.7. The number of rotatable bonds is 6. The molecule has 1 atom stereocenters. The highest BCUT2D eigenvalue weighted by Crippen LogP contribution is 2.17. The number of benzene rings is 1. The summed E-state index contributed by atoms with van der Waals surface area (Å²) in [4.78, 5) is 11.7. The Hall–Kier alpha value is -1.35. The van der Waals surface area contributed by atoms with Crippen LogP contribution in [-0.2, 0) is 16.0 Å². The van der Waals surface area contributed by atoms with E-state index in [-0.39, 0.29) is 11.9 Å². The summed E-state index contributed by atoms with van der Waals surface area (Å²) in [6.07, 6.45) is 0.647. The average molecular weight is 249 g/mol. The van der Waals surface area contributed by atoms with Crippen LogP contribution in [0.2, 0.25) is 0 Å². The third kappa shape index (κ3) is 4.15. The molecule has 0 aliphatic heterocycles. The van der Waals surface area contributed by atoms with E-state index in [1.165, 1.54) is 5.56 Å². The molecule has 0 saturated heterocycles. The minimum absolute atomic E-state index is 0.201. The largest absolute Gasteiger partial charge is 0.466 e. The van der Waals surface area contributed by atoms with Gasteiger partial charge < -0.3 is 10.5 Å². The lowest BCUT2D eigenvalue weighted by atomic mass is 9.96. The first-order valence-electron chi connectivity index (χ1n) is 6.54. The van der Waals surface area contributed by atoms with Crippen molar-refractivity contribution in [3.05, 3.63) is 35.4 Å². The molecule has 3 nitrogen and oxygen atoms in total. The molecular weight excluding hydrogens is 226 g/mol. The first-order valence-corrected chi connectivity index (χ1v) is 6.54. The van der Waals surface area contributed by atoms with Gasteiger partial charge in [-0.3, -0.25) is 4.79 Å². The molecule has 18 heavy (non-hydrogen) atoms. The summed E-state index contributed by atoms with van der Waals surface area (Å²) in [6.45, 7) is 6.86. The van der Waals surface area contributed by atoms with E-state index in [0.717, 1.165) is 5.56 Å². The van der Waals surface area contributed by atoms with Crippen molar-refractivity contribution in [2.45, 2.75) is 33.1 Å². The zero-order valence-electron chi connectivity index (χ0n) is 11.5. The second-order valence-corrected chi connectivity index (χ2v) is 4.79. The molecule has 0 saturated carbocycles. The fourth-order valence-corrected chi connectivity index (χ4v) is 1.85.